The fourth-order valence-electron chi connectivity index (χ4n) is 7.58. The van der Waals surface area contributed by atoms with E-state index < -0.39 is 5.41 Å². The van der Waals surface area contributed by atoms with Gasteiger partial charge in [0.1, 0.15) is 10.0 Å². The van der Waals surface area contributed by atoms with Crippen molar-refractivity contribution in [2.24, 2.45) is 0 Å². The van der Waals surface area contributed by atoms with E-state index in [2.05, 4.69) is 119 Å². The first-order chi connectivity index (χ1) is 23.3. The van der Waals surface area contributed by atoms with Crippen molar-refractivity contribution in [3.63, 3.8) is 0 Å². The molecular weight excluding hydrogens is 613 g/mol. The van der Waals surface area contributed by atoms with Crippen molar-refractivity contribution in [3.05, 3.63) is 167 Å². The fraction of sp³-hybridized carbons (Fsp3) is 0.0244. The number of hydrogen-bond acceptors (Lipinski definition) is 6. The zero-order valence-electron chi connectivity index (χ0n) is 25.0. The third-order valence-electron chi connectivity index (χ3n) is 9.59. The van der Waals surface area contributed by atoms with Gasteiger partial charge in [0.15, 0.2) is 0 Å². The molecule has 0 bridgehead atoms. The van der Waals surface area contributed by atoms with Crippen LogP contribution in [0.1, 0.15) is 22.3 Å². The molecule has 4 aromatic heterocycles. The van der Waals surface area contributed by atoms with E-state index in [0.717, 1.165) is 43.7 Å². The summed E-state index contributed by atoms with van der Waals surface area (Å²) in [7, 11) is 0. The van der Waals surface area contributed by atoms with E-state index in [9.17, 15) is 0 Å². The van der Waals surface area contributed by atoms with Crippen LogP contribution in [0.15, 0.2) is 145 Å². The maximum Gasteiger partial charge on any atom is 0.141 e. The van der Waals surface area contributed by atoms with Gasteiger partial charge < -0.3 is 0 Å². The molecule has 10 rings (SSSR count). The Balaban J connectivity index is 1.18. The lowest BCUT2D eigenvalue weighted by molar-refractivity contribution is 0.794. The standard InChI is InChI=1S/C41H24N4S2/c1-3-7-33-29(5-1)30-6-2-4-8-34(30)41(33)35-21-25(27-11-15-37(44-23-27)39-42-17-19-46-39)9-13-31(35)32-14-10-26(22-36(32)41)28-12-16-38(45-24-28)40-43-18-20-47-40/h1-24H. The molecular formula is C41H24N4S2. The monoisotopic (exact) mass is 636 g/mol. The van der Waals surface area contributed by atoms with Gasteiger partial charge in [0, 0.05) is 46.7 Å². The highest BCUT2D eigenvalue weighted by atomic mass is 32.1. The Morgan fingerprint density at radius 3 is 1.28 bits per heavy atom. The van der Waals surface area contributed by atoms with Crippen LogP contribution in [0.2, 0.25) is 0 Å². The molecule has 0 saturated heterocycles. The van der Waals surface area contributed by atoms with Crippen LogP contribution in [0.5, 0.6) is 0 Å². The molecule has 0 atom stereocenters. The summed E-state index contributed by atoms with van der Waals surface area (Å²) in [6, 6.07) is 40.2. The summed E-state index contributed by atoms with van der Waals surface area (Å²) in [5.41, 5.74) is 16.2. The molecule has 4 nitrogen and oxygen atoms in total. The first-order valence-electron chi connectivity index (χ1n) is 15.5. The van der Waals surface area contributed by atoms with Gasteiger partial charge in [-0.2, -0.15) is 0 Å². The summed E-state index contributed by atoms with van der Waals surface area (Å²) >= 11 is 3.21. The fourth-order valence-corrected chi connectivity index (χ4v) is 8.81. The molecule has 0 saturated carbocycles. The van der Waals surface area contributed by atoms with Gasteiger partial charge in [-0.15, -0.1) is 22.7 Å². The minimum atomic E-state index is -0.452. The number of benzene rings is 4. The molecule has 0 N–H and O–H groups in total. The molecule has 2 aliphatic carbocycles. The van der Waals surface area contributed by atoms with Crippen molar-refractivity contribution in [2.45, 2.75) is 5.41 Å². The molecule has 6 heteroatoms. The average Bonchev–Trinajstić information content (AvgIpc) is 3.96. The van der Waals surface area contributed by atoms with Gasteiger partial charge in [0.05, 0.1) is 16.8 Å². The van der Waals surface area contributed by atoms with E-state index in [0.29, 0.717) is 0 Å². The third-order valence-corrected chi connectivity index (χ3v) is 11.2. The van der Waals surface area contributed by atoms with Crippen molar-refractivity contribution >= 4 is 22.7 Å². The van der Waals surface area contributed by atoms with E-state index in [1.807, 2.05) is 35.5 Å². The largest absolute Gasteiger partial charge is 0.253 e. The van der Waals surface area contributed by atoms with Gasteiger partial charge >= 0.3 is 0 Å². The highest BCUT2D eigenvalue weighted by molar-refractivity contribution is 7.13. The Morgan fingerprint density at radius 2 is 0.851 bits per heavy atom. The van der Waals surface area contributed by atoms with Crippen LogP contribution in [0.4, 0.5) is 0 Å². The lowest BCUT2D eigenvalue weighted by atomic mass is 9.70. The maximum absolute atomic E-state index is 4.80. The van der Waals surface area contributed by atoms with Crippen molar-refractivity contribution < 1.29 is 0 Å². The lowest BCUT2D eigenvalue weighted by Crippen LogP contribution is -2.26. The van der Waals surface area contributed by atoms with Crippen molar-refractivity contribution in [1.82, 2.24) is 19.9 Å². The molecule has 220 valence electrons. The zero-order valence-corrected chi connectivity index (χ0v) is 26.6. The topological polar surface area (TPSA) is 51.6 Å². The third kappa shape index (κ3) is 3.86. The Labute approximate surface area is 279 Å². The normalized spacial score (nSPS) is 13.3. The summed E-state index contributed by atoms with van der Waals surface area (Å²) in [6.45, 7) is 0. The molecule has 8 aromatic rings. The zero-order chi connectivity index (χ0) is 31.0. The van der Waals surface area contributed by atoms with Gasteiger partial charge in [0.2, 0.25) is 0 Å². The quantitative estimate of drug-likeness (QED) is 0.193. The number of hydrogen-bond donors (Lipinski definition) is 0. The Hall–Kier alpha value is -5.56. The summed E-state index contributed by atoms with van der Waals surface area (Å²) in [6.07, 6.45) is 7.60. The summed E-state index contributed by atoms with van der Waals surface area (Å²) < 4.78 is 0. The minimum Gasteiger partial charge on any atom is -0.253 e. The van der Waals surface area contributed by atoms with E-state index in [4.69, 9.17) is 9.97 Å². The molecule has 4 aromatic carbocycles. The van der Waals surface area contributed by atoms with Crippen LogP contribution in [-0.4, -0.2) is 19.9 Å². The van der Waals surface area contributed by atoms with Gasteiger partial charge in [-0.3, -0.25) is 9.97 Å². The summed E-state index contributed by atoms with van der Waals surface area (Å²) in [5, 5.41) is 5.84. The second kappa shape index (κ2) is 10.2. The predicted molar refractivity (Wildman–Crippen MR) is 191 cm³/mol. The molecule has 0 fully saturated rings. The number of pyridine rings is 2. The second-order valence-corrected chi connectivity index (χ2v) is 13.7. The Morgan fingerprint density at radius 1 is 0.404 bits per heavy atom. The lowest BCUT2D eigenvalue weighted by Gasteiger charge is -2.31. The number of thiazole rings is 2. The van der Waals surface area contributed by atoms with Crippen LogP contribution in [0.3, 0.4) is 0 Å². The van der Waals surface area contributed by atoms with E-state index in [-0.39, 0.29) is 0 Å². The van der Waals surface area contributed by atoms with Crippen LogP contribution >= 0.6 is 22.7 Å². The number of aromatic nitrogens is 4. The van der Waals surface area contributed by atoms with Crippen molar-refractivity contribution in [1.29, 1.82) is 0 Å². The minimum absolute atomic E-state index is 0.452. The van der Waals surface area contributed by atoms with Crippen molar-refractivity contribution in [3.8, 4) is 65.9 Å². The maximum atomic E-state index is 4.80. The van der Waals surface area contributed by atoms with E-state index >= 15 is 0 Å². The SMILES string of the molecule is c1ccc2c(c1)-c1ccccc1C21c2cc(-c3ccc(-c4nccs4)nc3)ccc2-c2ccc(-c3ccc(-c4nccs4)nc3)cc21. The van der Waals surface area contributed by atoms with Gasteiger partial charge in [-0.25, -0.2) is 9.97 Å². The molecule has 1 spiro atoms. The highest BCUT2D eigenvalue weighted by Crippen LogP contribution is 2.63. The summed E-state index contributed by atoms with van der Waals surface area (Å²) in [4.78, 5) is 18.5. The first-order valence-corrected chi connectivity index (χ1v) is 17.3. The summed E-state index contributed by atoms with van der Waals surface area (Å²) in [5.74, 6) is 0. The molecule has 4 heterocycles. The van der Waals surface area contributed by atoms with Gasteiger partial charge in [-0.05, 0) is 79.9 Å². The van der Waals surface area contributed by atoms with Crippen molar-refractivity contribution in [2.75, 3.05) is 0 Å². The first kappa shape index (κ1) is 26.6. The number of nitrogens with zero attached hydrogens (tertiary/aromatic N) is 4. The average molecular weight is 637 g/mol. The molecule has 0 amide bonds. The van der Waals surface area contributed by atoms with Gasteiger partial charge in [0.25, 0.3) is 0 Å². The number of rotatable bonds is 4. The molecule has 47 heavy (non-hydrogen) atoms. The molecule has 0 unspecified atom stereocenters. The van der Waals surface area contributed by atoms with E-state index in [1.54, 1.807) is 22.7 Å². The predicted octanol–water partition coefficient (Wildman–Crippen LogP) is 10.4. The van der Waals surface area contributed by atoms with Gasteiger partial charge in [-0.1, -0.05) is 84.9 Å². The highest BCUT2D eigenvalue weighted by Gasteiger charge is 2.51. The smallest absolute Gasteiger partial charge is 0.141 e. The van der Waals surface area contributed by atoms with Crippen LogP contribution in [0, 0.1) is 0 Å². The van der Waals surface area contributed by atoms with E-state index in [1.165, 1.54) is 44.5 Å². The Kier molecular flexibility index (Phi) is 5.79. The molecule has 2 aliphatic rings. The van der Waals surface area contributed by atoms with Crippen LogP contribution < -0.4 is 0 Å². The Bertz CT molecular complexity index is 2270. The van der Waals surface area contributed by atoms with Crippen LogP contribution in [0.25, 0.3) is 65.9 Å². The molecule has 0 radical (unpaired) electrons. The van der Waals surface area contributed by atoms with Crippen LogP contribution in [-0.2, 0) is 5.41 Å². The second-order valence-electron chi connectivity index (χ2n) is 11.9. The number of fused-ring (bicyclic) bond motifs is 10. The molecule has 0 aliphatic heterocycles.